The summed E-state index contributed by atoms with van der Waals surface area (Å²) in [5.41, 5.74) is 1.18. The van der Waals surface area contributed by atoms with E-state index in [-0.39, 0.29) is 17.8 Å². The van der Waals surface area contributed by atoms with Crippen LogP contribution < -0.4 is 14.7 Å². The van der Waals surface area contributed by atoms with E-state index < -0.39 is 28.4 Å². The number of nitro groups is 1. The lowest BCUT2D eigenvalue weighted by atomic mass is 9.93. The molecule has 10 nitrogen and oxygen atoms in total. The van der Waals surface area contributed by atoms with Gasteiger partial charge < -0.3 is 24.4 Å². The lowest BCUT2D eigenvalue weighted by Gasteiger charge is -2.29. The number of hydrogen-bond acceptors (Lipinski definition) is 7. The SMILES string of the molecule is Cc1cc(OCC(C)C)ccc1/C([O-])=C1\C(=O)C(=O)N(CCC[NH+]2CCOCC2)C1c1ccc([N+](=O)[O-])cc1. The largest absolute Gasteiger partial charge is 0.872 e. The summed E-state index contributed by atoms with van der Waals surface area (Å²) in [4.78, 5) is 40.0. The number of nitrogens with zero attached hydrogens (tertiary/aromatic N) is 2. The van der Waals surface area contributed by atoms with E-state index >= 15 is 0 Å². The van der Waals surface area contributed by atoms with Gasteiger partial charge in [-0.15, -0.1) is 0 Å². The van der Waals surface area contributed by atoms with Crippen molar-refractivity contribution < 1.29 is 34.0 Å². The molecular formula is C29H35N3O7. The van der Waals surface area contributed by atoms with Crippen LogP contribution in [0.25, 0.3) is 5.76 Å². The average molecular weight is 538 g/mol. The van der Waals surface area contributed by atoms with Gasteiger partial charge in [0.1, 0.15) is 18.8 Å². The summed E-state index contributed by atoms with van der Waals surface area (Å²) in [5.74, 6) is -1.13. The summed E-state index contributed by atoms with van der Waals surface area (Å²) in [5, 5.41) is 25.0. The molecule has 1 N–H and O–H groups in total. The fourth-order valence-electron chi connectivity index (χ4n) is 5.02. The van der Waals surface area contributed by atoms with Crippen LogP contribution in [0.4, 0.5) is 5.69 Å². The Morgan fingerprint density at radius 3 is 2.46 bits per heavy atom. The second-order valence-corrected chi connectivity index (χ2v) is 10.5. The highest BCUT2D eigenvalue weighted by Crippen LogP contribution is 2.39. The highest BCUT2D eigenvalue weighted by molar-refractivity contribution is 6.46. The van der Waals surface area contributed by atoms with Crippen LogP contribution >= 0.6 is 0 Å². The number of aryl methyl sites for hydroxylation is 1. The molecule has 10 heteroatoms. The molecule has 0 bridgehead atoms. The summed E-state index contributed by atoms with van der Waals surface area (Å²) in [6.45, 7) is 10.6. The zero-order valence-corrected chi connectivity index (χ0v) is 22.6. The minimum Gasteiger partial charge on any atom is -0.872 e. The number of amides is 1. The molecule has 4 rings (SSSR count). The van der Waals surface area contributed by atoms with Crippen molar-refractivity contribution in [3.63, 3.8) is 0 Å². The van der Waals surface area contributed by atoms with Gasteiger partial charge in [-0.2, -0.15) is 0 Å². The molecule has 39 heavy (non-hydrogen) atoms. The normalized spacial score (nSPS) is 19.6. The molecule has 0 radical (unpaired) electrons. The number of non-ortho nitro benzene ring substituents is 1. The maximum atomic E-state index is 13.8. The Morgan fingerprint density at radius 1 is 1.15 bits per heavy atom. The maximum absolute atomic E-state index is 13.8. The van der Waals surface area contributed by atoms with Gasteiger partial charge in [0.2, 0.25) is 5.78 Å². The van der Waals surface area contributed by atoms with E-state index in [1.807, 2.05) is 13.8 Å². The van der Waals surface area contributed by atoms with E-state index in [0.29, 0.717) is 54.6 Å². The topological polar surface area (TPSA) is 126 Å². The second-order valence-electron chi connectivity index (χ2n) is 10.5. The first-order chi connectivity index (χ1) is 18.7. The summed E-state index contributed by atoms with van der Waals surface area (Å²) in [6.07, 6.45) is 0.639. The Hall–Kier alpha value is -3.76. The van der Waals surface area contributed by atoms with Crippen LogP contribution in [0, 0.1) is 23.0 Å². The quantitative estimate of drug-likeness (QED) is 0.160. The van der Waals surface area contributed by atoms with Gasteiger partial charge >= 0.3 is 0 Å². The molecule has 208 valence electrons. The van der Waals surface area contributed by atoms with Crippen LogP contribution in [0.15, 0.2) is 48.0 Å². The number of rotatable bonds is 10. The van der Waals surface area contributed by atoms with Gasteiger partial charge in [-0.05, 0) is 53.8 Å². The van der Waals surface area contributed by atoms with Crippen molar-refractivity contribution in [1.82, 2.24) is 4.90 Å². The minimum absolute atomic E-state index is 0.113. The Bertz CT molecular complexity index is 1250. The summed E-state index contributed by atoms with van der Waals surface area (Å²) in [7, 11) is 0. The van der Waals surface area contributed by atoms with Gasteiger partial charge in [-0.3, -0.25) is 19.7 Å². The van der Waals surface area contributed by atoms with Crippen LogP contribution in [-0.4, -0.2) is 67.5 Å². The van der Waals surface area contributed by atoms with Crippen molar-refractivity contribution in [1.29, 1.82) is 0 Å². The van der Waals surface area contributed by atoms with E-state index in [1.165, 1.54) is 34.1 Å². The molecular weight excluding hydrogens is 502 g/mol. The number of morpholine rings is 1. The third-order valence-corrected chi connectivity index (χ3v) is 7.10. The number of carbonyl (C=O) groups excluding carboxylic acids is 2. The molecule has 2 saturated heterocycles. The number of Topliss-reactive ketones (excluding diaryl/α,β-unsaturated/α-hetero) is 1. The van der Waals surface area contributed by atoms with E-state index in [1.54, 1.807) is 25.1 Å². The fourth-order valence-corrected chi connectivity index (χ4v) is 5.02. The number of ketones is 1. The zero-order chi connectivity index (χ0) is 28.1. The van der Waals surface area contributed by atoms with Crippen molar-refractivity contribution in [2.24, 2.45) is 5.92 Å². The number of benzene rings is 2. The van der Waals surface area contributed by atoms with Crippen LogP contribution in [-0.2, 0) is 14.3 Å². The smallest absolute Gasteiger partial charge is 0.295 e. The van der Waals surface area contributed by atoms with E-state index in [0.717, 1.165) is 19.6 Å². The number of nitrogens with one attached hydrogen (secondary N) is 1. The molecule has 2 aliphatic rings. The highest BCUT2D eigenvalue weighted by Gasteiger charge is 2.44. The van der Waals surface area contributed by atoms with Crippen LogP contribution in [0.3, 0.4) is 0 Å². The molecule has 0 spiro atoms. The third-order valence-electron chi connectivity index (χ3n) is 7.10. The number of carbonyl (C=O) groups is 2. The molecule has 1 unspecified atom stereocenters. The maximum Gasteiger partial charge on any atom is 0.295 e. The van der Waals surface area contributed by atoms with E-state index in [9.17, 15) is 24.8 Å². The van der Waals surface area contributed by atoms with Crippen molar-refractivity contribution >= 4 is 23.1 Å². The molecule has 0 aliphatic carbocycles. The number of quaternary nitrogens is 1. The predicted molar refractivity (Wildman–Crippen MR) is 142 cm³/mol. The van der Waals surface area contributed by atoms with Gasteiger partial charge in [0.15, 0.2) is 0 Å². The van der Waals surface area contributed by atoms with Crippen LogP contribution in [0.5, 0.6) is 5.75 Å². The van der Waals surface area contributed by atoms with E-state index in [4.69, 9.17) is 9.47 Å². The standard InChI is InChI=1S/C29H35N3O7/c1-19(2)18-39-23-9-10-24(20(3)17-23)27(33)25-26(21-5-7-22(8-6-21)32(36)37)31(29(35)28(25)34)12-4-11-30-13-15-38-16-14-30/h5-10,17,19,26,33H,4,11-16,18H2,1-3H3/b27-25+. The van der Waals surface area contributed by atoms with Crippen molar-refractivity contribution in [3.05, 3.63) is 74.8 Å². The molecule has 2 aromatic carbocycles. The summed E-state index contributed by atoms with van der Waals surface area (Å²) < 4.78 is 11.2. The predicted octanol–water partition coefficient (Wildman–Crippen LogP) is 1.47. The lowest BCUT2D eigenvalue weighted by Crippen LogP contribution is -3.14. The average Bonchev–Trinajstić information content (AvgIpc) is 3.17. The molecule has 0 aromatic heterocycles. The fraction of sp³-hybridized carbons (Fsp3) is 0.448. The van der Waals surface area contributed by atoms with Gasteiger partial charge in [0.05, 0.1) is 37.3 Å². The molecule has 1 amide bonds. The van der Waals surface area contributed by atoms with Crippen LogP contribution in [0.1, 0.15) is 43.0 Å². The molecule has 2 aromatic rings. The molecule has 1 atom stereocenters. The Balaban J connectivity index is 1.68. The third kappa shape index (κ3) is 6.46. The first-order valence-electron chi connectivity index (χ1n) is 13.3. The van der Waals surface area contributed by atoms with Gasteiger partial charge in [-0.25, -0.2) is 0 Å². The van der Waals surface area contributed by atoms with Gasteiger partial charge in [0, 0.05) is 30.7 Å². The Morgan fingerprint density at radius 2 is 1.85 bits per heavy atom. The Kier molecular flexibility index (Phi) is 8.98. The first kappa shape index (κ1) is 28.3. The summed E-state index contributed by atoms with van der Waals surface area (Å²) >= 11 is 0. The number of nitro benzene ring substituents is 1. The molecule has 2 heterocycles. The highest BCUT2D eigenvalue weighted by atomic mass is 16.6. The van der Waals surface area contributed by atoms with Gasteiger partial charge in [-0.1, -0.05) is 25.7 Å². The van der Waals surface area contributed by atoms with Crippen molar-refractivity contribution in [3.8, 4) is 5.75 Å². The van der Waals surface area contributed by atoms with Crippen LogP contribution in [0.2, 0.25) is 0 Å². The second kappa shape index (κ2) is 12.4. The zero-order valence-electron chi connectivity index (χ0n) is 22.6. The molecule has 2 aliphatic heterocycles. The van der Waals surface area contributed by atoms with E-state index in [2.05, 4.69) is 0 Å². The lowest BCUT2D eigenvalue weighted by molar-refractivity contribution is -0.908. The monoisotopic (exact) mass is 537 g/mol. The number of ether oxygens (including phenoxy) is 2. The number of likely N-dealkylation sites (tertiary alicyclic amines) is 1. The van der Waals surface area contributed by atoms with Crippen molar-refractivity contribution in [2.45, 2.75) is 33.2 Å². The molecule has 2 fully saturated rings. The van der Waals surface area contributed by atoms with Crippen molar-refractivity contribution in [2.75, 3.05) is 46.0 Å². The summed E-state index contributed by atoms with van der Waals surface area (Å²) in [6, 6.07) is 9.81. The molecule has 0 saturated carbocycles. The first-order valence-corrected chi connectivity index (χ1v) is 13.3. The number of hydrogen-bond donors (Lipinski definition) is 1. The van der Waals surface area contributed by atoms with Gasteiger partial charge in [0.25, 0.3) is 11.6 Å². The minimum atomic E-state index is -0.922. The Labute approximate surface area is 228 Å².